The van der Waals surface area contributed by atoms with Gasteiger partial charge >= 0.3 is 0 Å². The third-order valence-electron chi connectivity index (χ3n) is 2.75. The predicted molar refractivity (Wildman–Crippen MR) is 55.7 cm³/mol. The fourth-order valence-electron chi connectivity index (χ4n) is 1.78. The number of aliphatic hydroxyl groups is 3. The molecule has 3 N–H and O–H groups in total. The summed E-state index contributed by atoms with van der Waals surface area (Å²) in [5.74, 6) is 0. The lowest BCUT2D eigenvalue weighted by Crippen LogP contribution is -2.32. The van der Waals surface area contributed by atoms with Crippen LogP contribution in [0.5, 0.6) is 0 Å². The first-order chi connectivity index (χ1) is 8.17. The maximum Gasteiger partial charge on any atom is 0.128 e. The zero-order chi connectivity index (χ0) is 12.4. The summed E-state index contributed by atoms with van der Waals surface area (Å²) in [6.45, 7) is -0.370. The number of nitrogens with zero attached hydrogens (tertiary/aromatic N) is 2. The molecule has 6 heteroatoms. The van der Waals surface area contributed by atoms with E-state index in [2.05, 4.69) is 4.98 Å². The Morgan fingerprint density at radius 2 is 2.12 bits per heavy atom. The lowest BCUT2D eigenvalue weighted by atomic mass is 10.1. The number of aromatic nitrogens is 1. The van der Waals surface area contributed by atoms with E-state index in [1.807, 2.05) is 6.07 Å². The molecule has 6 nitrogen and oxygen atoms in total. The van der Waals surface area contributed by atoms with Gasteiger partial charge in [0.1, 0.15) is 30.5 Å². The number of hydrogen-bond donors (Lipinski definition) is 3. The van der Waals surface area contributed by atoms with Crippen LogP contribution in [0.25, 0.3) is 0 Å². The monoisotopic (exact) mass is 236 g/mol. The largest absolute Gasteiger partial charge is 0.394 e. The summed E-state index contributed by atoms with van der Waals surface area (Å²) in [6, 6.07) is 5.04. The van der Waals surface area contributed by atoms with Crippen molar-refractivity contribution in [2.24, 2.45) is 0 Å². The minimum Gasteiger partial charge on any atom is -0.394 e. The highest BCUT2D eigenvalue weighted by Crippen LogP contribution is 2.32. The van der Waals surface area contributed by atoms with E-state index in [0.717, 1.165) is 0 Å². The van der Waals surface area contributed by atoms with Crippen LogP contribution < -0.4 is 0 Å². The van der Waals surface area contributed by atoms with Crippen LogP contribution in [0, 0.1) is 11.3 Å². The second-order valence-electron chi connectivity index (χ2n) is 3.84. The summed E-state index contributed by atoms with van der Waals surface area (Å²) in [4.78, 5) is 3.98. The standard InChI is InChI=1S/C11H12N2O4/c12-3-6-1-2-7(13-4-6)11-10(16)9(15)8(5-14)17-11/h1-2,4,8-11,14-16H,5H2/t8-,9-,10-,11-/m1/s1. The van der Waals surface area contributed by atoms with Crippen LogP contribution >= 0.6 is 0 Å². The number of ether oxygens (including phenoxy) is 1. The van der Waals surface area contributed by atoms with Crippen molar-refractivity contribution in [2.75, 3.05) is 6.61 Å². The fourth-order valence-corrected chi connectivity index (χ4v) is 1.78. The summed E-state index contributed by atoms with van der Waals surface area (Å²) in [5.41, 5.74) is 0.826. The minimum absolute atomic E-state index is 0.370. The summed E-state index contributed by atoms with van der Waals surface area (Å²) >= 11 is 0. The Hall–Kier alpha value is -1.52. The molecule has 4 atom stereocenters. The van der Waals surface area contributed by atoms with Crippen LogP contribution in [0.1, 0.15) is 17.4 Å². The van der Waals surface area contributed by atoms with Gasteiger partial charge in [-0.05, 0) is 12.1 Å². The molecule has 1 aromatic rings. The van der Waals surface area contributed by atoms with E-state index < -0.39 is 24.4 Å². The SMILES string of the molecule is N#Cc1ccc([C@H]2O[C@H](CO)[C@@H](O)[C@H]2O)nc1. The topological polar surface area (TPSA) is 107 Å². The lowest BCUT2D eigenvalue weighted by molar-refractivity contribution is -0.0239. The van der Waals surface area contributed by atoms with Gasteiger partial charge in [-0.3, -0.25) is 4.98 Å². The molecule has 0 spiro atoms. The van der Waals surface area contributed by atoms with E-state index >= 15 is 0 Å². The molecule has 0 amide bonds. The van der Waals surface area contributed by atoms with E-state index in [9.17, 15) is 10.2 Å². The second kappa shape index (κ2) is 4.77. The van der Waals surface area contributed by atoms with E-state index in [1.165, 1.54) is 6.20 Å². The zero-order valence-corrected chi connectivity index (χ0v) is 8.89. The van der Waals surface area contributed by atoms with Crippen LogP contribution in [0.3, 0.4) is 0 Å². The minimum atomic E-state index is -1.14. The van der Waals surface area contributed by atoms with E-state index in [1.54, 1.807) is 12.1 Å². The highest BCUT2D eigenvalue weighted by molar-refractivity contribution is 5.27. The summed E-state index contributed by atoms with van der Waals surface area (Å²) < 4.78 is 5.30. The molecule has 0 radical (unpaired) electrons. The first kappa shape index (κ1) is 12.0. The molecule has 0 saturated carbocycles. The number of nitriles is 1. The predicted octanol–water partition coefficient (Wildman–Crippen LogP) is -0.893. The first-order valence-electron chi connectivity index (χ1n) is 5.16. The van der Waals surface area contributed by atoms with Gasteiger partial charge in [-0.25, -0.2) is 0 Å². The molecule has 1 saturated heterocycles. The van der Waals surface area contributed by atoms with Gasteiger partial charge < -0.3 is 20.1 Å². The molecule has 0 unspecified atom stereocenters. The number of pyridine rings is 1. The lowest BCUT2D eigenvalue weighted by Gasteiger charge is -2.13. The normalized spacial score (nSPS) is 32.4. The van der Waals surface area contributed by atoms with Crippen molar-refractivity contribution in [3.8, 4) is 6.07 Å². The van der Waals surface area contributed by atoms with Crippen molar-refractivity contribution < 1.29 is 20.1 Å². The third kappa shape index (κ3) is 2.14. The van der Waals surface area contributed by atoms with Gasteiger partial charge in [0.25, 0.3) is 0 Å². The van der Waals surface area contributed by atoms with Crippen LogP contribution in [0.2, 0.25) is 0 Å². The molecule has 0 aromatic carbocycles. The number of aliphatic hydroxyl groups excluding tert-OH is 3. The van der Waals surface area contributed by atoms with E-state index in [4.69, 9.17) is 15.1 Å². The number of rotatable bonds is 2. The second-order valence-corrected chi connectivity index (χ2v) is 3.84. The molecule has 2 rings (SSSR count). The maximum atomic E-state index is 9.75. The van der Waals surface area contributed by atoms with Crippen molar-refractivity contribution in [1.29, 1.82) is 5.26 Å². The highest BCUT2D eigenvalue weighted by Gasteiger charge is 2.43. The average molecular weight is 236 g/mol. The fraction of sp³-hybridized carbons (Fsp3) is 0.455. The Morgan fingerprint density at radius 1 is 1.35 bits per heavy atom. The van der Waals surface area contributed by atoms with Crippen molar-refractivity contribution in [1.82, 2.24) is 4.98 Å². The van der Waals surface area contributed by atoms with Crippen LogP contribution in [0.4, 0.5) is 0 Å². The van der Waals surface area contributed by atoms with Gasteiger partial charge in [0, 0.05) is 6.20 Å². The van der Waals surface area contributed by atoms with Gasteiger partial charge in [-0.2, -0.15) is 5.26 Å². The van der Waals surface area contributed by atoms with Crippen LogP contribution in [-0.4, -0.2) is 45.2 Å². The van der Waals surface area contributed by atoms with Crippen molar-refractivity contribution in [3.05, 3.63) is 29.6 Å². The maximum absolute atomic E-state index is 9.75. The quantitative estimate of drug-likeness (QED) is 0.614. The number of hydrogen-bond acceptors (Lipinski definition) is 6. The molecular formula is C11H12N2O4. The third-order valence-corrected chi connectivity index (χ3v) is 2.75. The van der Waals surface area contributed by atoms with E-state index in [-0.39, 0.29) is 6.61 Å². The average Bonchev–Trinajstić information content (AvgIpc) is 2.66. The molecule has 1 aliphatic rings. The Labute approximate surface area is 97.7 Å². The smallest absolute Gasteiger partial charge is 0.128 e. The molecule has 1 aliphatic heterocycles. The summed E-state index contributed by atoms with van der Waals surface area (Å²) in [5, 5.41) is 36.9. The molecule has 2 heterocycles. The Balaban J connectivity index is 2.20. The molecule has 90 valence electrons. The summed E-state index contributed by atoms with van der Waals surface area (Å²) in [6.07, 6.45) is -2.50. The van der Waals surface area contributed by atoms with Crippen molar-refractivity contribution >= 4 is 0 Å². The van der Waals surface area contributed by atoms with E-state index in [0.29, 0.717) is 11.3 Å². The highest BCUT2D eigenvalue weighted by atomic mass is 16.6. The molecule has 1 aromatic heterocycles. The van der Waals surface area contributed by atoms with Gasteiger partial charge in [-0.1, -0.05) is 0 Å². The zero-order valence-electron chi connectivity index (χ0n) is 8.89. The molecule has 17 heavy (non-hydrogen) atoms. The van der Waals surface area contributed by atoms with Crippen molar-refractivity contribution in [2.45, 2.75) is 24.4 Å². The Morgan fingerprint density at radius 3 is 2.59 bits per heavy atom. The van der Waals surface area contributed by atoms with Crippen molar-refractivity contribution in [3.63, 3.8) is 0 Å². The van der Waals surface area contributed by atoms with Crippen LogP contribution in [0.15, 0.2) is 18.3 Å². The summed E-state index contributed by atoms with van der Waals surface area (Å²) in [7, 11) is 0. The molecule has 0 aliphatic carbocycles. The van der Waals surface area contributed by atoms with Gasteiger partial charge in [0.2, 0.25) is 0 Å². The Kier molecular flexibility index (Phi) is 3.36. The molecular weight excluding hydrogens is 224 g/mol. The van der Waals surface area contributed by atoms with Crippen LogP contribution in [-0.2, 0) is 4.74 Å². The Bertz CT molecular complexity index is 428. The van der Waals surface area contributed by atoms with Gasteiger partial charge in [0.05, 0.1) is 17.9 Å². The molecule has 0 bridgehead atoms. The van der Waals surface area contributed by atoms with Gasteiger partial charge in [0.15, 0.2) is 0 Å². The van der Waals surface area contributed by atoms with Gasteiger partial charge in [-0.15, -0.1) is 0 Å². The first-order valence-corrected chi connectivity index (χ1v) is 5.16. The molecule has 1 fully saturated rings.